The largest absolute Gasteiger partial charge is 0.444 e. The summed E-state index contributed by atoms with van der Waals surface area (Å²) in [5.74, 6) is -0.744. The Morgan fingerprint density at radius 3 is 2.54 bits per heavy atom. The Hall–Kier alpha value is -4.68. The summed E-state index contributed by atoms with van der Waals surface area (Å²) >= 11 is 12.4. The van der Waals surface area contributed by atoms with Crippen LogP contribution in [0.3, 0.4) is 0 Å². The Morgan fingerprint density at radius 2 is 1.83 bits per heavy atom. The van der Waals surface area contributed by atoms with Crippen molar-refractivity contribution in [1.82, 2.24) is 25.6 Å². The maximum absolute atomic E-state index is 13.3. The Labute approximate surface area is 275 Å². The van der Waals surface area contributed by atoms with Crippen molar-refractivity contribution in [1.29, 1.82) is 0 Å². The Bertz CT molecular complexity index is 1830. The van der Waals surface area contributed by atoms with Crippen molar-refractivity contribution >= 4 is 64.0 Å². The van der Waals surface area contributed by atoms with Crippen molar-refractivity contribution in [3.63, 3.8) is 0 Å². The maximum Gasteiger partial charge on any atom is 0.407 e. The number of carbonyl (C=O) groups is 3. The summed E-state index contributed by atoms with van der Waals surface area (Å²) in [6.07, 6.45) is 2.41. The molecule has 0 bridgehead atoms. The standard InChI is InChI=1S/C32H33Cl2N7O5/c1-32(2,3)46-31(45)37-23-10-12-40(13-11-23)30-36-18-21-16-25(28(43)38-26(21)39-30)29(44)41(34)24-9-5-7-20(15-24)27(42)35-17-19-6-4-8-22(33)14-19/h4-9,14-16,18,23H,10-13,17H2,1-3H3,(H,35,42)(H,37,45)(H,36,38,39,43). The van der Waals surface area contributed by atoms with E-state index in [1.54, 1.807) is 36.4 Å². The second-order valence-electron chi connectivity index (χ2n) is 11.8. The number of hydrogen-bond donors (Lipinski definition) is 3. The van der Waals surface area contributed by atoms with Crippen molar-refractivity contribution in [2.45, 2.75) is 51.8 Å². The fraction of sp³-hybridized carbons (Fsp3) is 0.312. The summed E-state index contributed by atoms with van der Waals surface area (Å²) < 4.78 is 6.13. The van der Waals surface area contributed by atoms with Crippen LogP contribution in [0.15, 0.2) is 65.6 Å². The molecule has 1 aliphatic rings. The summed E-state index contributed by atoms with van der Waals surface area (Å²) in [6.45, 7) is 6.87. The predicted octanol–water partition coefficient (Wildman–Crippen LogP) is 5.20. The molecule has 14 heteroatoms. The molecule has 2 aromatic heterocycles. The molecule has 0 spiro atoms. The lowest BCUT2D eigenvalue weighted by Crippen LogP contribution is -2.46. The number of rotatable bonds is 7. The number of hydrogen-bond acceptors (Lipinski definition) is 8. The van der Waals surface area contributed by atoms with Gasteiger partial charge in [-0.1, -0.05) is 29.8 Å². The van der Waals surface area contributed by atoms with Gasteiger partial charge in [-0.05, 0) is 75.6 Å². The number of aromatic amines is 1. The third-order valence-corrected chi connectivity index (χ3v) is 7.75. The number of alkyl carbamates (subject to hydrolysis) is 1. The average molecular weight is 667 g/mol. The van der Waals surface area contributed by atoms with E-state index >= 15 is 0 Å². The highest BCUT2D eigenvalue weighted by Crippen LogP contribution is 2.23. The molecule has 1 saturated heterocycles. The molecule has 4 aromatic rings. The fourth-order valence-corrected chi connectivity index (χ4v) is 5.33. The second-order valence-corrected chi connectivity index (χ2v) is 12.6. The van der Waals surface area contributed by atoms with Crippen LogP contribution >= 0.6 is 23.4 Å². The molecule has 1 fully saturated rings. The van der Waals surface area contributed by atoms with Crippen molar-refractivity contribution in [3.8, 4) is 0 Å². The quantitative estimate of drug-likeness (QED) is 0.228. The first kappa shape index (κ1) is 32.7. The number of halogens is 2. The van der Waals surface area contributed by atoms with E-state index in [1.807, 2.05) is 31.7 Å². The number of amides is 3. The van der Waals surface area contributed by atoms with E-state index in [-0.39, 0.29) is 41.0 Å². The molecule has 0 atom stereocenters. The first-order valence-corrected chi connectivity index (χ1v) is 15.4. The number of ether oxygens (including phenoxy) is 1. The molecule has 0 radical (unpaired) electrons. The number of benzene rings is 2. The number of fused-ring (bicyclic) bond motifs is 1. The maximum atomic E-state index is 13.3. The number of carbonyl (C=O) groups excluding carboxylic acids is 3. The first-order valence-electron chi connectivity index (χ1n) is 14.6. The summed E-state index contributed by atoms with van der Waals surface area (Å²) in [5, 5.41) is 6.70. The molecule has 0 saturated carbocycles. The van der Waals surface area contributed by atoms with Crippen molar-refractivity contribution in [3.05, 3.63) is 92.9 Å². The minimum atomic E-state index is -0.787. The zero-order chi connectivity index (χ0) is 33.0. The first-order chi connectivity index (χ1) is 21.9. The Kier molecular flexibility index (Phi) is 9.78. The van der Waals surface area contributed by atoms with Gasteiger partial charge in [-0.25, -0.2) is 14.2 Å². The highest BCUT2D eigenvalue weighted by molar-refractivity contribution is 6.39. The molecule has 3 heterocycles. The number of nitrogens with one attached hydrogen (secondary N) is 3. The topological polar surface area (TPSA) is 150 Å². The number of piperidine rings is 1. The molecule has 2 aromatic carbocycles. The van der Waals surface area contributed by atoms with E-state index < -0.39 is 23.2 Å². The molecule has 3 N–H and O–H groups in total. The smallest absolute Gasteiger partial charge is 0.407 e. The van der Waals surface area contributed by atoms with Gasteiger partial charge >= 0.3 is 6.09 Å². The molecule has 240 valence electrons. The number of pyridine rings is 1. The molecule has 5 rings (SSSR count). The van der Waals surface area contributed by atoms with Crippen LogP contribution in [0.4, 0.5) is 16.4 Å². The van der Waals surface area contributed by atoms with E-state index in [2.05, 4.69) is 25.6 Å². The highest BCUT2D eigenvalue weighted by atomic mass is 35.5. The van der Waals surface area contributed by atoms with Crippen LogP contribution in [0.1, 0.15) is 59.9 Å². The van der Waals surface area contributed by atoms with Crippen LogP contribution < -0.4 is 25.5 Å². The summed E-state index contributed by atoms with van der Waals surface area (Å²) in [7, 11) is 0. The van der Waals surface area contributed by atoms with Crippen LogP contribution in [-0.2, 0) is 11.3 Å². The zero-order valence-electron chi connectivity index (χ0n) is 25.5. The lowest BCUT2D eigenvalue weighted by Gasteiger charge is -2.32. The molecule has 1 aliphatic heterocycles. The summed E-state index contributed by atoms with van der Waals surface area (Å²) in [6, 6.07) is 14.6. The number of anilines is 2. The minimum absolute atomic E-state index is 0.0394. The lowest BCUT2D eigenvalue weighted by molar-refractivity contribution is 0.0497. The van der Waals surface area contributed by atoms with Gasteiger partial charge in [0.15, 0.2) is 0 Å². The van der Waals surface area contributed by atoms with Gasteiger partial charge in [0, 0.05) is 59.6 Å². The van der Waals surface area contributed by atoms with E-state index in [0.717, 1.165) is 9.98 Å². The highest BCUT2D eigenvalue weighted by Gasteiger charge is 2.26. The van der Waals surface area contributed by atoms with Gasteiger partial charge in [0.25, 0.3) is 17.4 Å². The number of aromatic nitrogens is 3. The second kappa shape index (κ2) is 13.8. The van der Waals surface area contributed by atoms with Gasteiger partial charge in [0.05, 0.1) is 5.69 Å². The van der Waals surface area contributed by atoms with E-state index in [9.17, 15) is 19.2 Å². The minimum Gasteiger partial charge on any atom is -0.444 e. The fourth-order valence-electron chi connectivity index (χ4n) is 4.92. The van der Waals surface area contributed by atoms with Crippen LogP contribution in [0.25, 0.3) is 11.0 Å². The number of H-pyrrole nitrogens is 1. The average Bonchev–Trinajstić information content (AvgIpc) is 3.02. The Morgan fingerprint density at radius 1 is 1.09 bits per heavy atom. The molecule has 3 amide bonds. The summed E-state index contributed by atoms with van der Waals surface area (Å²) in [4.78, 5) is 64.8. The predicted molar refractivity (Wildman–Crippen MR) is 176 cm³/mol. The molecular formula is C32H33Cl2N7O5. The molecule has 46 heavy (non-hydrogen) atoms. The van der Waals surface area contributed by atoms with Crippen molar-refractivity contribution in [2.24, 2.45) is 0 Å². The van der Waals surface area contributed by atoms with Crippen LogP contribution in [0, 0.1) is 0 Å². The molecular weight excluding hydrogens is 633 g/mol. The van der Waals surface area contributed by atoms with Crippen molar-refractivity contribution < 1.29 is 19.1 Å². The molecule has 12 nitrogen and oxygen atoms in total. The van der Waals surface area contributed by atoms with Crippen LogP contribution in [-0.4, -0.2) is 57.6 Å². The normalized spacial score (nSPS) is 13.7. The Balaban J connectivity index is 1.24. The lowest BCUT2D eigenvalue weighted by atomic mass is 10.1. The molecule has 0 unspecified atom stereocenters. The SMILES string of the molecule is CC(C)(C)OC(=O)NC1CCN(c2ncc3cc(C(=O)N(Cl)c4cccc(C(=O)NCc5cccc(Cl)c5)c4)c(=O)[nH]c3n2)CC1. The van der Waals surface area contributed by atoms with E-state index in [4.69, 9.17) is 28.1 Å². The van der Waals surface area contributed by atoms with Gasteiger partial charge in [-0.3, -0.25) is 14.4 Å². The van der Waals surface area contributed by atoms with Crippen LogP contribution in [0.2, 0.25) is 5.02 Å². The molecule has 0 aliphatic carbocycles. The van der Waals surface area contributed by atoms with Gasteiger partial charge in [-0.15, -0.1) is 0 Å². The van der Waals surface area contributed by atoms with Gasteiger partial charge in [-0.2, -0.15) is 4.98 Å². The van der Waals surface area contributed by atoms with E-state index in [1.165, 1.54) is 18.3 Å². The van der Waals surface area contributed by atoms with Crippen molar-refractivity contribution in [2.75, 3.05) is 22.4 Å². The zero-order valence-corrected chi connectivity index (χ0v) is 27.0. The van der Waals surface area contributed by atoms with Crippen LogP contribution in [0.5, 0.6) is 0 Å². The van der Waals surface area contributed by atoms with Gasteiger partial charge in [0.1, 0.15) is 16.8 Å². The van der Waals surface area contributed by atoms with E-state index in [0.29, 0.717) is 42.3 Å². The third-order valence-electron chi connectivity index (χ3n) is 7.17. The summed E-state index contributed by atoms with van der Waals surface area (Å²) in [5.41, 5.74) is 0.103. The third kappa shape index (κ3) is 8.12. The van der Waals surface area contributed by atoms with Gasteiger partial charge in [0.2, 0.25) is 5.95 Å². The monoisotopic (exact) mass is 665 g/mol. The number of nitrogens with zero attached hydrogens (tertiary/aromatic N) is 4. The van der Waals surface area contributed by atoms with Gasteiger partial charge < -0.3 is 25.3 Å².